The van der Waals surface area contributed by atoms with Crippen molar-refractivity contribution < 1.29 is 0 Å². The number of nitrogens with two attached hydrogens (primary N) is 1. The van der Waals surface area contributed by atoms with E-state index in [1.807, 2.05) is 0 Å². The average Bonchev–Trinajstić information content (AvgIpc) is 2.80. The molecule has 1 unspecified atom stereocenters. The molecule has 0 aliphatic heterocycles. The summed E-state index contributed by atoms with van der Waals surface area (Å²) in [5, 5.41) is 1.33. The molecule has 1 aromatic carbocycles. The third kappa shape index (κ3) is 3.02. The number of hydrogen-bond acceptors (Lipinski definition) is 2. The largest absolute Gasteiger partial charge is 0.329 e. The summed E-state index contributed by atoms with van der Waals surface area (Å²) in [6, 6.07) is 8.84. The van der Waals surface area contributed by atoms with E-state index in [9.17, 15) is 0 Å². The molecule has 1 nitrogen and oxygen atoms in total. The van der Waals surface area contributed by atoms with E-state index >= 15 is 0 Å². The van der Waals surface area contributed by atoms with Gasteiger partial charge in [0.25, 0.3) is 0 Å². The Morgan fingerprint density at radius 3 is 2.44 bits per heavy atom. The molecule has 1 aliphatic rings. The Morgan fingerprint density at radius 1 is 1.25 bits per heavy atom. The van der Waals surface area contributed by atoms with E-state index in [2.05, 4.69) is 43.0 Å². The van der Waals surface area contributed by atoms with Crippen molar-refractivity contribution in [1.82, 2.24) is 0 Å². The van der Waals surface area contributed by atoms with Gasteiger partial charge >= 0.3 is 0 Å². The molecular formula is C14H21NS. The highest BCUT2D eigenvalue weighted by Gasteiger charge is 2.20. The molecule has 0 spiro atoms. The SMILES string of the molecule is Cc1ccc(C(CN)SC2CCCC2)cc1. The van der Waals surface area contributed by atoms with Crippen LogP contribution >= 0.6 is 11.8 Å². The van der Waals surface area contributed by atoms with Crippen LogP contribution in [0.25, 0.3) is 0 Å². The first kappa shape index (κ1) is 12.0. The summed E-state index contributed by atoms with van der Waals surface area (Å²) in [7, 11) is 0. The number of aryl methyl sites for hydroxylation is 1. The van der Waals surface area contributed by atoms with Gasteiger partial charge in [0.2, 0.25) is 0 Å². The van der Waals surface area contributed by atoms with Gasteiger partial charge in [0.05, 0.1) is 0 Å². The molecule has 1 fully saturated rings. The minimum atomic E-state index is 0.490. The molecule has 1 atom stereocenters. The van der Waals surface area contributed by atoms with Crippen molar-refractivity contribution in [3.05, 3.63) is 35.4 Å². The zero-order chi connectivity index (χ0) is 11.4. The van der Waals surface area contributed by atoms with Crippen molar-refractivity contribution in [1.29, 1.82) is 0 Å². The van der Waals surface area contributed by atoms with Crippen LogP contribution < -0.4 is 5.73 Å². The van der Waals surface area contributed by atoms with Crippen molar-refractivity contribution >= 4 is 11.8 Å². The first-order valence-corrected chi connectivity index (χ1v) is 7.16. The first-order valence-electron chi connectivity index (χ1n) is 6.21. The number of benzene rings is 1. The van der Waals surface area contributed by atoms with Crippen molar-refractivity contribution in [2.45, 2.75) is 43.1 Å². The summed E-state index contributed by atoms with van der Waals surface area (Å²) in [5.74, 6) is 0. The second-order valence-electron chi connectivity index (χ2n) is 4.68. The molecule has 0 saturated heterocycles. The highest BCUT2D eigenvalue weighted by Crippen LogP contribution is 2.38. The molecule has 2 rings (SSSR count). The van der Waals surface area contributed by atoms with Crippen LogP contribution in [0.3, 0.4) is 0 Å². The zero-order valence-electron chi connectivity index (χ0n) is 9.99. The topological polar surface area (TPSA) is 26.0 Å². The van der Waals surface area contributed by atoms with Crippen LogP contribution in [-0.2, 0) is 0 Å². The molecule has 0 heterocycles. The molecule has 88 valence electrons. The fourth-order valence-corrected chi connectivity index (χ4v) is 3.80. The van der Waals surface area contributed by atoms with Crippen LogP contribution in [0.4, 0.5) is 0 Å². The highest BCUT2D eigenvalue weighted by molar-refractivity contribution is 8.00. The first-order chi connectivity index (χ1) is 7.79. The van der Waals surface area contributed by atoms with Crippen molar-refractivity contribution in [3.63, 3.8) is 0 Å². The Labute approximate surface area is 103 Å². The fraction of sp³-hybridized carbons (Fsp3) is 0.571. The van der Waals surface area contributed by atoms with Crippen LogP contribution in [0.2, 0.25) is 0 Å². The lowest BCUT2D eigenvalue weighted by molar-refractivity contribution is 0.873. The Kier molecular flexibility index (Phi) is 4.30. The van der Waals surface area contributed by atoms with E-state index in [-0.39, 0.29) is 0 Å². The van der Waals surface area contributed by atoms with Gasteiger partial charge in [-0.2, -0.15) is 0 Å². The summed E-state index contributed by atoms with van der Waals surface area (Å²) < 4.78 is 0. The van der Waals surface area contributed by atoms with Crippen LogP contribution in [0.5, 0.6) is 0 Å². The standard InChI is InChI=1S/C14H21NS/c1-11-6-8-12(9-7-11)14(10-15)16-13-4-2-3-5-13/h6-9,13-14H,2-5,10,15H2,1H3. The highest BCUT2D eigenvalue weighted by atomic mass is 32.2. The number of thioether (sulfide) groups is 1. The number of hydrogen-bond donors (Lipinski definition) is 1. The molecule has 0 bridgehead atoms. The Balaban J connectivity index is 2.00. The summed E-state index contributed by atoms with van der Waals surface area (Å²) in [5.41, 5.74) is 8.62. The maximum Gasteiger partial charge on any atom is 0.0422 e. The predicted octanol–water partition coefficient (Wildman–Crippen LogP) is 3.67. The number of rotatable bonds is 4. The van der Waals surface area contributed by atoms with Gasteiger partial charge < -0.3 is 5.73 Å². The normalized spacial score (nSPS) is 18.9. The van der Waals surface area contributed by atoms with E-state index in [0.29, 0.717) is 5.25 Å². The molecule has 2 N–H and O–H groups in total. The molecule has 0 aromatic heterocycles. The summed E-state index contributed by atoms with van der Waals surface area (Å²) >= 11 is 2.09. The van der Waals surface area contributed by atoms with Crippen LogP contribution in [0.15, 0.2) is 24.3 Å². The van der Waals surface area contributed by atoms with Gasteiger partial charge in [-0.25, -0.2) is 0 Å². The van der Waals surface area contributed by atoms with Crippen LogP contribution in [0, 0.1) is 6.92 Å². The molecule has 1 aliphatic carbocycles. The maximum atomic E-state index is 5.90. The second kappa shape index (κ2) is 5.74. The van der Waals surface area contributed by atoms with Crippen molar-refractivity contribution in [2.24, 2.45) is 5.73 Å². The minimum absolute atomic E-state index is 0.490. The summed E-state index contributed by atoms with van der Waals surface area (Å²) in [4.78, 5) is 0. The third-order valence-corrected chi connectivity index (χ3v) is 4.97. The van der Waals surface area contributed by atoms with E-state index in [4.69, 9.17) is 5.73 Å². The third-order valence-electron chi connectivity index (χ3n) is 3.32. The van der Waals surface area contributed by atoms with E-state index in [1.165, 1.54) is 36.8 Å². The Morgan fingerprint density at radius 2 is 1.88 bits per heavy atom. The monoisotopic (exact) mass is 235 g/mol. The Bertz CT molecular complexity index is 314. The molecule has 0 radical (unpaired) electrons. The summed E-state index contributed by atoms with van der Waals surface area (Å²) in [6.45, 7) is 2.88. The van der Waals surface area contributed by atoms with Gasteiger partial charge in [0.1, 0.15) is 0 Å². The minimum Gasteiger partial charge on any atom is -0.329 e. The molecule has 1 saturated carbocycles. The molecular weight excluding hydrogens is 214 g/mol. The van der Waals surface area contributed by atoms with Gasteiger partial charge in [0.15, 0.2) is 0 Å². The van der Waals surface area contributed by atoms with Gasteiger partial charge in [-0.1, -0.05) is 42.7 Å². The van der Waals surface area contributed by atoms with Gasteiger partial charge in [0, 0.05) is 17.0 Å². The van der Waals surface area contributed by atoms with Crippen molar-refractivity contribution in [2.75, 3.05) is 6.54 Å². The van der Waals surface area contributed by atoms with Crippen molar-refractivity contribution in [3.8, 4) is 0 Å². The second-order valence-corrected chi connectivity index (χ2v) is 6.19. The molecule has 16 heavy (non-hydrogen) atoms. The van der Waals surface area contributed by atoms with Crippen LogP contribution in [0.1, 0.15) is 42.1 Å². The molecule has 0 amide bonds. The predicted molar refractivity (Wildman–Crippen MR) is 72.8 cm³/mol. The van der Waals surface area contributed by atoms with E-state index < -0.39 is 0 Å². The average molecular weight is 235 g/mol. The zero-order valence-corrected chi connectivity index (χ0v) is 10.8. The Hall–Kier alpha value is -0.470. The van der Waals surface area contributed by atoms with Gasteiger partial charge in [-0.05, 0) is 25.3 Å². The quantitative estimate of drug-likeness (QED) is 0.861. The van der Waals surface area contributed by atoms with E-state index in [0.717, 1.165) is 11.8 Å². The van der Waals surface area contributed by atoms with Gasteiger partial charge in [-0.15, -0.1) is 11.8 Å². The van der Waals surface area contributed by atoms with E-state index in [1.54, 1.807) is 0 Å². The summed E-state index contributed by atoms with van der Waals surface area (Å²) in [6.07, 6.45) is 5.58. The lowest BCUT2D eigenvalue weighted by Crippen LogP contribution is -2.12. The molecule has 2 heteroatoms. The maximum absolute atomic E-state index is 5.90. The van der Waals surface area contributed by atoms with Gasteiger partial charge in [-0.3, -0.25) is 0 Å². The fourth-order valence-electron chi connectivity index (χ4n) is 2.31. The van der Waals surface area contributed by atoms with Crippen LogP contribution in [-0.4, -0.2) is 11.8 Å². The lowest BCUT2D eigenvalue weighted by atomic mass is 10.1. The molecule has 1 aromatic rings. The lowest BCUT2D eigenvalue weighted by Gasteiger charge is -2.19. The smallest absolute Gasteiger partial charge is 0.0422 e.